The van der Waals surface area contributed by atoms with Gasteiger partial charge in [-0.15, -0.1) is 0 Å². The summed E-state index contributed by atoms with van der Waals surface area (Å²) in [5.41, 5.74) is 12.6. The fraction of sp³-hybridized carbons (Fsp3) is 0.0435. The molecule has 1 aliphatic heterocycles. The third kappa shape index (κ3) is 4.76. The molecule has 0 unspecified atom stereocenters. The number of carbonyl (C=O) groups excluding carboxylic acids is 2. The van der Waals surface area contributed by atoms with Crippen molar-refractivity contribution in [1.29, 1.82) is 0 Å². The van der Waals surface area contributed by atoms with Gasteiger partial charge in [-0.25, -0.2) is 4.90 Å². The summed E-state index contributed by atoms with van der Waals surface area (Å²) in [6.07, 6.45) is 0. The molecule has 2 amide bonds. The van der Waals surface area contributed by atoms with E-state index in [1.54, 1.807) is 6.07 Å². The Bertz CT molecular complexity index is 2570. The second-order valence-electron chi connectivity index (χ2n) is 13.1. The number of hydrogen-bond acceptors (Lipinski definition) is 2. The minimum atomic E-state index is -0.331. The fourth-order valence-corrected chi connectivity index (χ4v) is 7.58. The summed E-state index contributed by atoms with van der Waals surface area (Å²) in [5.74, 6) is -0.656. The molecule has 0 saturated carbocycles. The Morgan fingerprint density at radius 3 is 1.70 bits per heavy atom. The van der Waals surface area contributed by atoms with E-state index in [1.807, 2.05) is 97.1 Å². The Morgan fingerprint density at radius 2 is 1.02 bits per heavy atom. The smallest absolute Gasteiger partial charge is 0.268 e. The van der Waals surface area contributed by atoms with Gasteiger partial charge in [0.1, 0.15) is 0 Å². The molecule has 7 aromatic carbocycles. The molecule has 0 aliphatic carbocycles. The number of amides is 2. The molecule has 4 nitrogen and oxygen atoms in total. The largest absolute Gasteiger partial charge is 0.308 e. The monoisotopic (exact) mass is 644 g/mol. The van der Waals surface area contributed by atoms with Crippen LogP contribution in [0.25, 0.3) is 60.9 Å². The molecule has 0 saturated heterocycles. The van der Waals surface area contributed by atoms with Crippen LogP contribution in [0.5, 0.6) is 0 Å². The molecule has 0 atom stereocenters. The van der Waals surface area contributed by atoms with Gasteiger partial charge in [0.05, 0.1) is 33.5 Å². The van der Waals surface area contributed by atoms with Gasteiger partial charge in [-0.2, -0.15) is 0 Å². The van der Waals surface area contributed by atoms with Crippen LogP contribution in [0.4, 0.5) is 5.69 Å². The molecule has 50 heavy (non-hydrogen) atoms. The molecule has 0 fully saturated rings. The first kappa shape index (κ1) is 29.6. The summed E-state index contributed by atoms with van der Waals surface area (Å²) in [4.78, 5) is 30.3. The number of aromatic nitrogens is 1. The standard InChI is InChI=1S/C46H32N2O2/c1-29-22-30(2)24-34(23-29)33-20-21-42-40(28-33)38-16-9-10-18-41(38)48(42)43-19-11-17-39-44(43)46(50)47(45(39)49)37-26-35(31-12-5-3-6-13-31)25-36(27-37)32-14-7-4-8-15-32/h3-28H,1-2H3. The van der Waals surface area contributed by atoms with Gasteiger partial charge in [-0.05, 0) is 95.8 Å². The Labute approximate surface area is 290 Å². The molecule has 1 aromatic heterocycles. The Kier molecular flexibility index (Phi) is 6.85. The van der Waals surface area contributed by atoms with Crippen LogP contribution in [0.1, 0.15) is 31.8 Å². The Hall–Kier alpha value is -6.52. The first-order valence-corrected chi connectivity index (χ1v) is 16.8. The highest BCUT2D eigenvalue weighted by atomic mass is 16.2. The second-order valence-corrected chi connectivity index (χ2v) is 13.1. The highest BCUT2D eigenvalue weighted by molar-refractivity contribution is 6.36. The van der Waals surface area contributed by atoms with Crippen molar-refractivity contribution in [2.24, 2.45) is 0 Å². The molecule has 8 aromatic rings. The predicted molar refractivity (Wildman–Crippen MR) is 204 cm³/mol. The average molecular weight is 645 g/mol. The van der Waals surface area contributed by atoms with Crippen molar-refractivity contribution in [3.63, 3.8) is 0 Å². The number of aryl methyl sites for hydroxylation is 2. The molecule has 1 aliphatic rings. The van der Waals surface area contributed by atoms with Crippen molar-refractivity contribution in [1.82, 2.24) is 4.57 Å². The minimum absolute atomic E-state index is 0.325. The van der Waals surface area contributed by atoms with Gasteiger partial charge in [-0.1, -0.05) is 120 Å². The molecular weight excluding hydrogens is 613 g/mol. The van der Waals surface area contributed by atoms with Crippen molar-refractivity contribution in [2.45, 2.75) is 13.8 Å². The summed E-state index contributed by atoms with van der Waals surface area (Å²) < 4.78 is 2.14. The maximum absolute atomic E-state index is 14.7. The highest BCUT2D eigenvalue weighted by Crippen LogP contribution is 2.40. The quantitative estimate of drug-likeness (QED) is 0.175. The Morgan fingerprint density at radius 1 is 0.420 bits per heavy atom. The van der Waals surface area contributed by atoms with Gasteiger partial charge >= 0.3 is 0 Å². The van der Waals surface area contributed by atoms with Crippen molar-refractivity contribution in [2.75, 3.05) is 4.90 Å². The number of rotatable bonds is 5. The number of imide groups is 1. The predicted octanol–water partition coefficient (Wildman–Crippen LogP) is 11.2. The molecule has 0 radical (unpaired) electrons. The normalized spacial score (nSPS) is 12.6. The molecule has 0 bridgehead atoms. The van der Waals surface area contributed by atoms with E-state index < -0.39 is 0 Å². The van der Waals surface area contributed by atoms with Crippen molar-refractivity contribution < 1.29 is 9.59 Å². The van der Waals surface area contributed by atoms with E-state index >= 15 is 0 Å². The van der Waals surface area contributed by atoms with Gasteiger partial charge < -0.3 is 4.57 Å². The molecule has 0 spiro atoms. The SMILES string of the molecule is Cc1cc(C)cc(-c2ccc3c(c2)c2ccccc2n3-c2cccc3c2C(=O)N(c2cc(-c4ccccc4)cc(-c4ccccc4)c2)C3=O)c1. The molecule has 238 valence electrons. The summed E-state index contributed by atoms with van der Waals surface area (Å²) in [7, 11) is 0. The van der Waals surface area contributed by atoms with Crippen LogP contribution in [0.3, 0.4) is 0 Å². The summed E-state index contributed by atoms with van der Waals surface area (Å²) >= 11 is 0. The van der Waals surface area contributed by atoms with Crippen molar-refractivity contribution in [3.05, 3.63) is 180 Å². The van der Waals surface area contributed by atoms with E-state index in [1.165, 1.54) is 21.6 Å². The minimum Gasteiger partial charge on any atom is -0.308 e. The van der Waals surface area contributed by atoms with E-state index in [0.29, 0.717) is 22.5 Å². The van der Waals surface area contributed by atoms with Crippen molar-refractivity contribution >= 4 is 39.3 Å². The number of benzene rings is 7. The number of carbonyl (C=O) groups is 2. The summed E-state index contributed by atoms with van der Waals surface area (Å²) in [5, 5.41) is 2.18. The van der Waals surface area contributed by atoms with Crippen LogP contribution in [0.15, 0.2) is 158 Å². The zero-order valence-electron chi connectivity index (χ0n) is 27.7. The van der Waals surface area contributed by atoms with Crippen LogP contribution in [0, 0.1) is 13.8 Å². The maximum atomic E-state index is 14.7. The first-order valence-electron chi connectivity index (χ1n) is 16.8. The number of anilines is 1. The van der Waals surface area contributed by atoms with Crippen LogP contribution in [-0.4, -0.2) is 16.4 Å². The summed E-state index contributed by atoms with van der Waals surface area (Å²) in [6, 6.07) is 53.1. The molecular formula is C46H32N2O2. The highest BCUT2D eigenvalue weighted by Gasteiger charge is 2.39. The number of fused-ring (bicyclic) bond motifs is 4. The van der Waals surface area contributed by atoms with E-state index in [9.17, 15) is 9.59 Å². The van der Waals surface area contributed by atoms with E-state index in [0.717, 1.165) is 49.6 Å². The zero-order chi connectivity index (χ0) is 33.9. The van der Waals surface area contributed by atoms with Crippen LogP contribution in [0.2, 0.25) is 0 Å². The summed E-state index contributed by atoms with van der Waals surface area (Å²) in [6.45, 7) is 4.25. The first-order chi connectivity index (χ1) is 24.4. The zero-order valence-corrected chi connectivity index (χ0v) is 27.7. The van der Waals surface area contributed by atoms with Gasteiger partial charge in [0.2, 0.25) is 0 Å². The fourth-order valence-electron chi connectivity index (χ4n) is 7.58. The third-order valence-corrected chi connectivity index (χ3v) is 9.75. The number of hydrogen-bond donors (Lipinski definition) is 0. The molecule has 2 heterocycles. The number of para-hydroxylation sites is 1. The van der Waals surface area contributed by atoms with Gasteiger partial charge in [0.15, 0.2) is 0 Å². The maximum Gasteiger partial charge on any atom is 0.268 e. The van der Waals surface area contributed by atoms with Gasteiger partial charge in [-0.3, -0.25) is 9.59 Å². The van der Waals surface area contributed by atoms with Crippen LogP contribution in [-0.2, 0) is 0 Å². The molecule has 9 rings (SSSR count). The lowest BCUT2D eigenvalue weighted by molar-refractivity contribution is 0.0926. The lowest BCUT2D eigenvalue weighted by Gasteiger charge is -2.18. The third-order valence-electron chi connectivity index (χ3n) is 9.75. The Balaban J connectivity index is 1.22. The molecule has 0 N–H and O–H groups in total. The van der Waals surface area contributed by atoms with E-state index in [-0.39, 0.29) is 11.8 Å². The second kappa shape index (κ2) is 11.6. The van der Waals surface area contributed by atoms with Gasteiger partial charge in [0.25, 0.3) is 11.8 Å². The van der Waals surface area contributed by atoms with E-state index in [4.69, 9.17) is 0 Å². The van der Waals surface area contributed by atoms with E-state index in [2.05, 4.69) is 73.0 Å². The lowest BCUT2D eigenvalue weighted by atomic mass is 9.97. The van der Waals surface area contributed by atoms with Crippen LogP contribution < -0.4 is 4.90 Å². The van der Waals surface area contributed by atoms with Crippen LogP contribution >= 0.6 is 0 Å². The topological polar surface area (TPSA) is 42.3 Å². The number of nitrogens with zero attached hydrogens (tertiary/aromatic N) is 2. The van der Waals surface area contributed by atoms with Gasteiger partial charge in [0, 0.05) is 10.8 Å². The average Bonchev–Trinajstić information content (AvgIpc) is 3.62. The molecule has 4 heteroatoms. The lowest BCUT2D eigenvalue weighted by Crippen LogP contribution is -2.29. The van der Waals surface area contributed by atoms with Crippen molar-refractivity contribution in [3.8, 4) is 39.1 Å².